The van der Waals surface area contributed by atoms with Crippen LogP contribution in [0.15, 0.2) is 51.2 Å². The van der Waals surface area contributed by atoms with E-state index in [0.717, 1.165) is 21.1 Å². The molecule has 0 spiro atoms. The summed E-state index contributed by atoms with van der Waals surface area (Å²) in [5.41, 5.74) is 1.27. The van der Waals surface area contributed by atoms with Gasteiger partial charge >= 0.3 is 0 Å². The molecule has 0 fully saturated rings. The summed E-state index contributed by atoms with van der Waals surface area (Å²) in [5, 5.41) is 4.17. The van der Waals surface area contributed by atoms with E-state index in [9.17, 15) is 0 Å². The second kappa shape index (κ2) is 7.03. The SMILES string of the molecule is CCNC(C)c1ccc(Sc2ncccn2)c(Br)c1. The van der Waals surface area contributed by atoms with Crippen molar-refractivity contribution in [1.29, 1.82) is 0 Å². The third kappa shape index (κ3) is 4.03. The molecule has 1 aromatic carbocycles. The molecule has 0 amide bonds. The molecule has 1 aromatic heterocycles. The number of rotatable bonds is 5. The Morgan fingerprint density at radius 1 is 1.32 bits per heavy atom. The molecule has 0 saturated heterocycles. The zero-order valence-electron chi connectivity index (χ0n) is 10.9. The number of hydrogen-bond donors (Lipinski definition) is 1. The van der Waals surface area contributed by atoms with Crippen molar-refractivity contribution in [3.8, 4) is 0 Å². The number of halogens is 1. The van der Waals surface area contributed by atoms with Gasteiger partial charge in [-0.15, -0.1) is 0 Å². The van der Waals surface area contributed by atoms with Crippen LogP contribution in [0.2, 0.25) is 0 Å². The second-order valence-electron chi connectivity index (χ2n) is 4.10. The molecular weight excluding hydrogens is 322 g/mol. The summed E-state index contributed by atoms with van der Waals surface area (Å²) in [5.74, 6) is 0. The average Bonchev–Trinajstić information content (AvgIpc) is 2.42. The van der Waals surface area contributed by atoms with Crippen LogP contribution in [0.1, 0.15) is 25.5 Å². The van der Waals surface area contributed by atoms with Gasteiger partial charge in [-0.3, -0.25) is 0 Å². The first-order valence-corrected chi connectivity index (χ1v) is 7.79. The van der Waals surface area contributed by atoms with E-state index in [1.807, 2.05) is 6.07 Å². The molecule has 0 aliphatic heterocycles. The van der Waals surface area contributed by atoms with Gasteiger partial charge in [0.25, 0.3) is 0 Å². The predicted octanol–water partition coefficient (Wildman–Crippen LogP) is 4.06. The fourth-order valence-corrected chi connectivity index (χ4v) is 3.09. The molecule has 1 unspecified atom stereocenters. The van der Waals surface area contributed by atoms with Gasteiger partial charge in [0.1, 0.15) is 0 Å². The molecule has 2 rings (SSSR count). The maximum atomic E-state index is 4.22. The minimum absolute atomic E-state index is 0.355. The van der Waals surface area contributed by atoms with Gasteiger partial charge in [-0.2, -0.15) is 0 Å². The van der Waals surface area contributed by atoms with E-state index in [0.29, 0.717) is 6.04 Å². The van der Waals surface area contributed by atoms with Crippen molar-refractivity contribution in [3.05, 3.63) is 46.7 Å². The van der Waals surface area contributed by atoms with Crippen molar-refractivity contribution in [3.63, 3.8) is 0 Å². The molecule has 5 heteroatoms. The quantitative estimate of drug-likeness (QED) is 0.835. The van der Waals surface area contributed by atoms with Crippen LogP contribution in [0.5, 0.6) is 0 Å². The third-order valence-electron chi connectivity index (χ3n) is 2.71. The predicted molar refractivity (Wildman–Crippen MR) is 82.4 cm³/mol. The van der Waals surface area contributed by atoms with Crippen LogP contribution in [-0.2, 0) is 0 Å². The monoisotopic (exact) mass is 337 g/mol. The van der Waals surface area contributed by atoms with Crippen molar-refractivity contribution in [1.82, 2.24) is 15.3 Å². The molecule has 0 saturated carbocycles. The maximum Gasteiger partial charge on any atom is 0.192 e. The highest BCUT2D eigenvalue weighted by Crippen LogP contribution is 2.33. The largest absolute Gasteiger partial charge is 0.310 e. The van der Waals surface area contributed by atoms with Crippen LogP contribution in [0.25, 0.3) is 0 Å². The lowest BCUT2D eigenvalue weighted by Gasteiger charge is -2.14. The van der Waals surface area contributed by atoms with Crippen molar-refractivity contribution < 1.29 is 0 Å². The number of nitrogens with zero attached hydrogens (tertiary/aromatic N) is 2. The summed E-state index contributed by atoms with van der Waals surface area (Å²) in [4.78, 5) is 9.57. The molecule has 0 aliphatic rings. The molecular formula is C14H16BrN3S. The van der Waals surface area contributed by atoms with Gasteiger partial charge < -0.3 is 5.32 Å². The molecule has 1 N–H and O–H groups in total. The lowest BCUT2D eigenvalue weighted by Crippen LogP contribution is -2.17. The maximum absolute atomic E-state index is 4.22. The lowest BCUT2D eigenvalue weighted by atomic mass is 10.1. The van der Waals surface area contributed by atoms with Gasteiger partial charge in [-0.05, 0) is 64.9 Å². The van der Waals surface area contributed by atoms with Gasteiger partial charge in [-0.1, -0.05) is 13.0 Å². The van der Waals surface area contributed by atoms with E-state index >= 15 is 0 Å². The molecule has 100 valence electrons. The van der Waals surface area contributed by atoms with E-state index < -0.39 is 0 Å². The second-order valence-corrected chi connectivity index (χ2v) is 5.97. The van der Waals surface area contributed by atoms with E-state index in [2.05, 4.69) is 63.3 Å². The Labute approximate surface area is 126 Å². The smallest absolute Gasteiger partial charge is 0.192 e. The summed E-state index contributed by atoms with van der Waals surface area (Å²) in [6.07, 6.45) is 3.51. The van der Waals surface area contributed by atoms with Crippen molar-refractivity contribution >= 4 is 27.7 Å². The Bertz CT molecular complexity index is 533. The van der Waals surface area contributed by atoms with E-state index in [-0.39, 0.29) is 0 Å². The van der Waals surface area contributed by atoms with Crippen LogP contribution >= 0.6 is 27.7 Å². The number of nitrogens with one attached hydrogen (secondary N) is 1. The summed E-state index contributed by atoms with van der Waals surface area (Å²) < 4.78 is 1.08. The highest BCUT2D eigenvalue weighted by molar-refractivity contribution is 9.10. The zero-order valence-corrected chi connectivity index (χ0v) is 13.3. The van der Waals surface area contributed by atoms with Gasteiger partial charge in [-0.25, -0.2) is 9.97 Å². The molecule has 0 radical (unpaired) electrons. The Balaban J connectivity index is 2.15. The summed E-state index contributed by atoms with van der Waals surface area (Å²) in [6, 6.07) is 8.57. The summed E-state index contributed by atoms with van der Waals surface area (Å²) in [7, 11) is 0. The molecule has 3 nitrogen and oxygen atoms in total. The molecule has 0 bridgehead atoms. The van der Waals surface area contributed by atoms with Crippen LogP contribution in [0.3, 0.4) is 0 Å². The van der Waals surface area contributed by atoms with E-state index in [4.69, 9.17) is 0 Å². The first-order chi connectivity index (χ1) is 9.20. The van der Waals surface area contributed by atoms with Gasteiger partial charge in [0.2, 0.25) is 0 Å². The van der Waals surface area contributed by atoms with E-state index in [1.165, 1.54) is 5.56 Å². The Hall–Kier alpha value is -0.910. The molecule has 19 heavy (non-hydrogen) atoms. The fourth-order valence-electron chi connectivity index (χ4n) is 1.73. The Kier molecular flexibility index (Phi) is 5.36. The minimum Gasteiger partial charge on any atom is -0.310 e. The number of aromatic nitrogens is 2. The standard InChI is InChI=1S/C14H16BrN3S/c1-3-16-10(2)11-5-6-13(12(15)9-11)19-14-17-7-4-8-18-14/h4-10,16H,3H2,1-2H3. The highest BCUT2D eigenvalue weighted by Gasteiger charge is 2.08. The molecule has 1 atom stereocenters. The van der Waals surface area contributed by atoms with Crippen molar-refractivity contribution in [2.75, 3.05) is 6.54 Å². The Morgan fingerprint density at radius 3 is 2.68 bits per heavy atom. The first-order valence-electron chi connectivity index (χ1n) is 6.18. The van der Waals surface area contributed by atoms with Crippen LogP contribution < -0.4 is 5.32 Å². The normalized spacial score (nSPS) is 12.4. The van der Waals surface area contributed by atoms with E-state index in [1.54, 1.807) is 24.2 Å². The van der Waals surface area contributed by atoms with Crippen LogP contribution in [0.4, 0.5) is 0 Å². The van der Waals surface area contributed by atoms with Crippen LogP contribution in [0, 0.1) is 0 Å². The van der Waals surface area contributed by atoms with Gasteiger partial charge in [0.15, 0.2) is 5.16 Å². The molecule has 2 aromatic rings. The topological polar surface area (TPSA) is 37.8 Å². The van der Waals surface area contributed by atoms with Crippen molar-refractivity contribution in [2.45, 2.75) is 29.9 Å². The van der Waals surface area contributed by atoms with Crippen molar-refractivity contribution in [2.24, 2.45) is 0 Å². The average molecular weight is 338 g/mol. The lowest BCUT2D eigenvalue weighted by molar-refractivity contribution is 0.597. The number of hydrogen-bond acceptors (Lipinski definition) is 4. The number of benzene rings is 1. The Morgan fingerprint density at radius 2 is 2.05 bits per heavy atom. The van der Waals surface area contributed by atoms with Crippen LogP contribution in [-0.4, -0.2) is 16.5 Å². The van der Waals surface area contributed by atoms with Gasteiger partial charge in [0.05, 0.1) is 0 Å². The minimum atomic E-state index is 0.355. The highest BCUT2D eigenvalue weighted by atomic mass is 79.9. The summed E-state index contributed by atoms with van der Waals surface area (Å²) >= 11 is 5.18. The third-order valence-corrected chi connectivity index (χ3v) is 4.60. The fraction of sp³-hybridized carbons (Fsp3) is 0.286. The summed E-state index contributed by atoms with van der Waals surface area (Å²) in [6.45, 7) is 5.24. The van der Waals surface area contributed by atoms with Gasteiger partial charge in [0, 0.05) is 27.8 Å². The molecule has 0 aliphatic carbocycles. The first kappa shape index (κ1) is 14.5. The zero-order chi connectivity index (χ0) is 13.7. The molecule has 1 heterocycles.